The monoisotopic (exact) mass is 179 g/mol. The van der Waals surface area contributed by atoms with Crippen LogP contribution in [0.3, 0.4) is 0 Å². The summed E-state index contributed by atoms with van der Waals surface area (Å²) in [6.45, 7) is 5.43. The van der Waals surface area contributed by atoms with E-state index in [2.05, 4.69) is 0 Å². The molecule has 0 aromatic heterocycles. The minimum atomic E-state index is -0.962. The number of hydrogen-bond donors (Lipinski definition) is 0. The lowest BCUT2D eigenvalue weighted by Crippen LogP contribution is -2.44. The predicted molar refractivity (Wildman–Crippen MR) is 55.9 cm³/mol. The van der Waals surface area contributed by atoms with Gasteiger partial charge in [0.25, 0.3) is 0 Å². The molecule has 1 nitrogen and oxygen atoms in total. The van der Waals surface area contributed by atoms with Crippen LogP contribution in [0, 0.1) is 0 Å². The summed E-state index contributed by atoms with van der Waals surface area (Å²) < 4.78 is 13.7. The third-order valence-electron chi connectivity index (χ3n) is 2.21. The molecule has 0 fully saturated rings. The van der Waals surface area contributed by atoms with Crippen LogP contribution in [0.2, 0.25) is 0 Å². The van der Waals surface area contributed by atoms with Crippen molar-refractivity contribution in [1.29, 1.82) is 0 Å². The number of halogens is 1. The summed E-state index contributed by atoms with van der Waals surface area (Å²) in [6.07, 6.45) is 0. The van der Waals surface area contributed by atoms with E-state index in [0.717, 1.165) is 18.6 Å². The molecule has 1 rings (SSSR count). The summed E-state index contributed by atoms with van der Waals surface area (Å²) in [7, 11) is -0.962. The molecule has 1 aromatic carbocycles. The summed E-state index contributed by atoms with van der Waals surface area (Å²) >= 11 is 0. The molecule has 70 valence electrons. The fourth-order valence-corrected chi connectivity index (χ4v) is 1.37. The molecule has 0 N–H and O–H groups in total. The Hall–Kier alpha value is -0.825. The van der Waals surface area contributed by atoms with E-state index in [9.17, 15) is 4.32 Å². The summed E-state index contributed by atoms with van der Waals surface area (Å²) in [5.74, 6) is 0. The molecule has 0 saturated carbocycles. The van der Waals surface area contributed by atoms with E-state index in [1.807, 2.05) is 44.2 Å². The van der Waals surface area contributed by atoms with Crippen molar-refractivity contribution in [3.8, 4) is 0 Å². The van der Waals surface area contributed by atoms with Crippen molar-refractivity contribution in [2.24, 2.45) is 0 Å². The van der Waals surface area contributed by atoms with Crippen LogP contribution in [0.1, 0.15) is 13.8 Å². The zero-order valence-corrected chi connectivity index (χ0v) is 8.20. The van der Waals surface area contributed by atoms with Crippen molar-refractivity contribution in [3.63, 3.8) is 0 Å². The number of rotatable bonds is 4. The van der Waals surface area contributed by atoms with E-state index in [4.69, 9.17) is 0 Å². The fraction of sp³-hybridized carbons (Fsp3) is 0.400. The summed E-state index contributed by atoms with van der Waals surface area (Å²) in [5, 5.41) is 0. The van der Waals surface area contributed by atoms with Crippen LogP contribution < -0.4 is 5.46 Å². The highest BCUT2D eigenvalue weighted by Crippen LogP contribution is 1.97. The fourth-order valence-electron chi connectivity index (χ4n) is 1.37. The van der Waals surface area contributed by atoms with Gasteiger partial charge >= 0.3 is 7.12 Å². The largest absolute Gasteiger partial charge is 0.464 e. The Balaban J connectivity index is 2.72. The van der Waals surface area contributed by atoms with Crippen molar-refractivity contribution in [2.45, 2.75) is 13.8 Å². The normalized spacial score (nSPS) is 10.5. The first kappa shape index (κ1) is 10.3. The SMILES string of the molecule is CCN(CC)B(F)c1ccccc1. The lowest BCUT2D eigenvalue weighted by molar-refractivity contribution is 0.450. The Bertz CT molecular complexity index is 236. The van der Waals surface area contributed by atoms with Gasteiger partial charge in [0.1, 0.15) is 0 Å². The molecule has 0 amide bonds. The molecule has 0 aliphatic carbocycles. The number of nitrogens with zero attached hydrogens (tertiary/aromatic N) is 1. The summed E-state index contributed by atoms with van der Waals surface area (Å²) in [4.78, 5) is 1.79. The molecule has 3 heteroatoms. The maximum atomic E-state index is 13.7. The van der Waals surface area contributed by atoms with E-state index in [1.165, 1.54) is 0 Å². The van der Waals surface area contributed by atoms with Crippen LogP contribution in [0.25, 0.3) is 0 Å². The van der Waals surface area contributed by atoms with Crippen molar-refractivity contribution in [3.05, 3.63) is 30.3 Å². The summed E-state index contributed by atoms with van der Waals surface area (Å²) in [6, 6.07) is 9.28. The zero-order chi connectivity index (χ0) is 9.68. The van der Waals surface area contributed by atoms with E-state index >= 15 is 0 Å². The van der Waals surface area contributed by atoms with Crippen molar-refractivity contribution >= 4 is 12.6 Å². The zero-order valence-electron chi connectivity index (χ0n) is 8.20. The molecule has 13 heavy (non-hydrogen) atoms. The third kappa shape index (κ3) is 2.56. The van der Waals surface area contributed by atoms with Gasteiger partial charge in [0.05, 0.1) is 0 Å². The molecule has 0 saturated heterocycles. The van der Waals surface area contributed by atoms with Crippen LogP contribution in [0.15, 0.2) is 30.3 Å². The minimum absolute atomic E-state index is 0.742. The maximum Gasteiger partial charge on any atom is 0.464 e. The van der Waals surface area contributed by atoms with Gasteiger partial charge in [-0.1, -0.05) is 44.2 Å². The minimum Gasteiger partial charge on any atom is -0.310 e. The van der Waals surface area contributed by atoms with E-state index in [-0.39, 0.29) is 0 Å². The number of benzene rings is 1. The average molecular weight is 179 g/mol. The molecule has 0 heterocycles. The van der Waals surface area contributed by atoms with Gasteiger partial charge in [0.15, 0.2) is 0 Å². The van der Waals surface area contributed by atoms with Crippen LogP contribution in [0.5, 0.6) is 0 Å². The smallest absolute Gasteiger partial charge is 0.310 e. The lowest BCUT2D eigenvalue weighted by atomic mass is 9.75. The van der Waals surface area contributed by atoms with Crippen LogP contribution in [0.4, 0.5) is 4.32 Å². The second kappa shape index (κ2) is 5.02. The van der Waals surface area contributed by atoms with Gasteiger partial charge in [0, 0.05) is 0 Å². The van der Waals surface area contributed by atoms with Gasteiger partial charge in [-0.25, -0.2) is 0 Å². The van der Waals surface area contributed by atoms with E-state index < -0.39 is 7.12 Å². The molecular formula is C10H15BFN. The first-order chi connectivity index (χ1) is 6.29. The van der Waals surface area contributed by atoms with Gasteiger partial charge in [-0.15, -0.1) is 0 Å². The van der Waals surface area contributed by atoms with E-state index in [0.29, 0.717) is 0 Å². The molecule has 0 unspecified atom stereocenters. The quantitative estimate of drug-likeness (QED) is 0.635. The average Bonchev–Trinajstić information content (AvgIpc) is 2.21. The Morgan fingerprint density at radius 1 is 1.15 bits per heavy atom. The molecular weight excluding hydrogens is 164 g/mol. The first-order valence-corrected chi connectivity index (χ1v) is 4.72. The van der Waals surface area contributed by atoms with Crippen LogP contribution >= 0.6 is 0 Å². The Morgan fingerprint density at radius 3 is 2.15 bits per heavy atom. The van der Waals surface area contributed by atoms with Crippen molar-refractivity contribution in [1.82, 2.24) is 4.81 Å². The molecule has 0 atom stereocenters. The molecule has 0 spiro atoms. The number of hydrogen-bond acceptors (Lipinski definition) is 1. The van der Waals surface area contributed by atoms with Crippen molar-refractivity contribution < 1.29 is 4.32 Å². The first-order valence-electron chi connectivity index (χ1n) is 4.72. The highest BCUT2D eigenvalue weighted by atomic mass is 19.1. The molecule has 0 radical (unpaired) electrons. The van der Waals surface area contributed by atoms with Gasteiger partial charge in [-0.05, 0) is 18.6 Å². The summed E-state index contributed by atoms with van der Waals surface area (Å²) in [5.41, 5.74) is 0.742. The van der Waals surface area contributed by atoms with Gasteiger partial charge in [0.2, 0.25) is 0 Å². The maximum absolute atomic E-state index is 13.7. The lowest BCUT2D eigenvalue weighted by Gasteiger charge is -2.19. The standard InChI is InChI=1S/C10H15BFN/c1-3-13(4-2)11(12)10-8-6-5-7-9-10/h5-9H,3-4H2,1-2H3. The van der Waals surface area contributed by atoms with Gasteiger partial charge in [-0.2, -0.15) is 0 Å². The Labute approximate surface area is 79.7 Å². The second-order valence-electron chi connectivity index (χ2n) is 2.97. The molecule has 0 bridgehead atoms. The van der Waals surface area contributed by atoms with Gasteiger partial charge in [-0.3, -0.25) is 0 Å². The van der Waals surface area contributed by atoms with E-state index in [1.54, 1.807) is 4.81 Å². The second-order valence-corrected chi connectivity index (χ2v) is 2.97. The topological polar surface area (TPSA) is 3.24 Å². The molecule has 0 aliphatic rings. The van der Waals surface area contributed by atoms with Gasteiger partial charge < -0.3 is 9.13 Å². The molecule has 0 aliphatic heterocycles. The molecule has 1 aromatic rings. The third-order valence-corrected chi connectivity index (χ3v) is 2.21. The Kier molecular flexibility index (Phi) is 3.96. The van der Waals surface area contributed by atoms with Crippen molar-refractivity contribution in [2.75, 3.05) is 13.1 Å². The van der Waals surface area contributed by atoms with Crippen LogP contribution in [-0.4, -0.2) is 25.0 Å². The predicted octanol–water partition coefficient (Wildman–Crippen LogP) is 1.69. The Morgan fingerprint density at radius 2 is 1.69 bits per heavy atom. The highest BCUT2D eigenvalue weighted by molar-refractivity contribution is 6.64. The van der Waals surface area contributed by atoms with Crippen LogP contribution in [-0.2, 0) is 0 Å². The highest BCUT2D eigenvalue weighted by Gasteiger charge is 2.22.